The van der Waals surface area contributed by atoms with Gasteiger partial charge < -0.3 is 0 Å². The molecule has 2 saturated carbocycles. The zero-order valence-electron chi connectivity index (χ0n) is 10.1. The Labute approximate surface area is 101 Å². The van der Waals surface area contributed by atoms with Crippen LogP contribution in [0, 0.1) is 23.7 Å². The molecule has 0 amide bonds. The Balaban J connectivity index is 1.81. The van der Waals surface area contributed by atoms with E-state index in [0.29, 0.717) is 29.3 Å². The molecule has 90 valence electrons. The van der Waals surface area contributed by atoms with E-state index in [2.05, 4.69) is 0 Å². The molecule has 2 heteroatoms. The molecule has 4 aliphatic carbocycles. The minimum Gasteiger partial charge on any atom is -0.299 e. The lowest BCUT2D eigenvalue weighted by atomic mass is 9.64. The van der Waals surface area contributed by atoms with Crippen molar-refractivity contribution in [1.82, 2.24) is 0 Å². The van der Waals surface area contributed by atoms with Crippen molar-refractivity contribution in [3.63, 3.8) is 0 Å². The highest BCUT2D eigenvalue weighted by atomic mass is 16.1. The summed E-state index contributed by atoms with van der Waals surface area (Å²) in [6, 6.07) is 0. The van der Waals surface area contributed by atoms with Crippen molar-refractivity contribution < 1.29 is 9.59 Å². The van der Waals surface area contributed by atoms with Crippen LogP contribution in [0.25, 0.3) is 0 Å². The lowest BCUT2D eigenvalue weighted by Gasteiger charge is -2.39. The molecule has 0 aliphatic heterocycles. The maximum Gasteiger partial charge on any atom is 0.159 e. The van der Waals surface area contributed by atoms with Gasteiger partial charge in [-0.3, -0.25) is 9.59 Å². The summed E-state index contributed by atoms with van der Waals surface area (Å²) < 4.78 is 0. The van der Waals surface area contributed by atoms with Gasteiger partial charge in [0, 0.05) is 18.8 Å². The van der Waals surface area contributed by atoms with E-state index >= 15 is 0 Å². The van der Waals surface area contributed by atoms with Crippen molar-refractivity contribution in [3.8, 4) is 0 Å². The van der Waals surface area contributed by atoms with Crippen LogP contribution in [0.1, 0.15) is 44.9 Å². The summed E-state index contributed by atoms with van der Waals surface area (Å²) in [6.45, 7) is 0. The SMILES string of the molecule is O=C1C[C@H]2CCC[C@@H]3C2=C1C[C@H]1C(=O)CC[C@H]31. The first-order chi connectivity index (χ1) is 8.25. The van der Waals surface area contributed by atoms with Crippen molar-refractivity contribution >= 4 is 11.6 Å². The fraction of sp³-hybridized carbons (Fsp3) is 0.733. The number of carbonyl (C=O) groups is 2. The number of allylic oxidation sites excluding steroid dienone is 2. The molecular formula is C15H18O2. The molecule has 0 radical (unpaired) electrons. The van der Waals surface area contributed by atoms with Gasteiger partial charge in [-0.25, -0.2) is 0 Å². The lowest BCUT2D eigenvalue weighted by molar-refractivity contribution is -0.121. The molecule has 0 N–H and O–H groups in total. The summed E-state index contributed by atoms with van der Waals surface area (Å²) >= 11 is 0. The number of fused-ring (bicyclic) bond motifs is 2. The van der Waals surface area contributed by atoms with Crippen LogP contribution in [0.15, 0.2) is 11.1 Å². The Morgan fingerprint density at radius 2 is 1.82 bits per heavy atom. The molecule has 0 aromatic heterocycles. The minimum absolute atomic E-state index is 0.208. The summed E-state index contributed by atoms with van der Waals surface area (Å²) in [7, 11) is 0. The first-order valence-electron chi connectivity index (χ1n) is 7.04. The third kappa shape index (κ3) is 1.22. The van der Waals surface area contributed by atoms with E-state index in [9.17, 15) is 9.59 Å². The Morgan fingerprint density at radius 1 is 0.941 bits per heavy atom. The zero-order valence-corrected chi connectivity index (χ0v) is 10.1. The van der Waals surface area contributed by atoms with Gasteiger partial charge in [0.25, 0.3) is 0 Å². The van der Waals surface area contributed by atoms with E-state index in [-0.39, 0.29) is 5.92 Å². The maximum absolute atomic E-state index is 12.1. The molecule has 2 nitrogen and oxygen atoms in total. The van der Waals surface area contributed by atoms with E-state index in [1.54, 1.807) is 0 Å². The summed E-state index contributed by atoms with van der Waals surface area (Å²) in [5, 5.41) is 0. The van der Waals surface area contributed by atoms with Gasteiger partial charge in [-0.1, -0.05) is 12.0 Å². The van der Waals surface area contributed by atoms with Crippen molar-refractivity contribution in [2.24, 2.45) is 23.7 Å². The van der Waals surface area contributed by atoms with Crippen molar-refractivity contribution in [2.75, 3.05) is 0 Å². The molecule has 0 unspecified atom stereocenters. The molecule has 0 saturated heterocycles. The zero-order chi connectivity index (χ0) is 11.6. The molecule has 4 rings (SSSR count). The fourth-order valence-electron chi connectivity index (χ4n) is 4.97. The summed E-state index contributed by atoms with van der Waals surface area (Å²) in [6.07, 6.45) is 7.12. The van der Waals surface area contributed by atoms with Crippen molar-refractivity contribution in [3.05, 3.63) is 11.1 Å². The first-order valence-corrected chi connectivity index (χ1v) is 7.04. The van der Waals surface area contributed by atoms with Gasteiger partial charge in [0.2, 0.25) is 0 Å². The Morgan fingerprint density at radius 3 is 2.71 bits per heavy atom. The van der Waals surface area contributed by atoms with Gasteiger partial charge in [-0.2, -0.15) is 0 Å². The van der Waals surface area contributed by atoms with Crippen LogP contribution in [0.3, 0.4) is 0 Å². The first kappa shape index (κ1) is 10.0. The van der Waals surface area contributed by atoms with Crippen LogP contribution in [-0.2, 0) is 9.59 Å². The molecular weight excluding hydrogens is 212 g/mol. The molecule has 0 aromatic rings. The smallest absolute Gasteiger partial charge is 0.159 e. The summed E-state index contributed by atoms with van der Waals surface area (Å²) in [5.41, 5.74) is 2.61. The monoisotopic (exact) mass is 230 g/mol. The molecule has 0 spiro atoms. The van der Waals surface area contributed by atoms with Crippen LogP contribution in [-0.4, -0.2) is 11.6 Å². The molecule has 2 fully saturated rings. The maximum atomic E-state index is 12.1. The van der Waals surface area contributed by atoms with E-state index in [1.165, 1.54) is 24.8 Å². The van der Waals surface area contributed by atoms with Crippen LogP contribution in [0.2, 0.25) is 0 Å². The van der Waals surface area contributed by atoms with E-state index < -0.39 is 0 Å². The predicted octanol–water partition coefficient (Wildman–Crippen LogP) is 2.67. The van der Waals surface area contributed by atoms with Crippen molar-refractivity contribution in [2.45, 2.75) is 44.9 Å². The average Bonchev–Trinajstić information content (AvgIpc) is 2.85. The standard InChI is InChI=1S/C15H18O2/c16-13-5-4-9-10-3-1-2-8-6-14(17)12(15(8)10)7-11(9)13/h8-11H,1-7H2/t8-,9-,10+,11-/m1/s1. The van der Waals surface area contributed by atoms with Gasteiger partial charge in [0.1, 0.15) is 5.78 Å². The Kier molecular flexibility index (Phi) is 1.95. The van der Waals surface area contributed by atoms with Crippen molar-refractivity contribution in [1.29, 1.82) is 0 Å². The van der Waals surface area contributed by atoms with E-state index in [1.807, 2.05) is 0 Å². The third-order valence-electron chi connectivity index (χ3n) is 5.62. The van der Waals surface area contributed by atoms with Gasteiger partial charge in [-0.15, -0.1) is 0 Å². The van der Waals surface area contributed by atoms with E-state index in [0.717, 1.165) is 31.3 Å². The second-order valence-electron chi connectivity index (χ2n) is 6.27. The van der Waals surface area contributed by atoms with Crippen LogP contribution in [0.4, 0.5) is 0 Å². The van der Waals surface area contributed by atoms with Gasteiger partial charge in [0.15, 0.2) is 5.78 Å². The lowest BCUT2D eigenvalue weighted by Crippen LogP contribution is -2.32. The number of hydrogen-bond acceptors (Lipinski definition) is 2. The van der Waals surface area contributed by atoms with Crippen LogP contribution in [0.5, 0.6) is 0 Å². The molecule has 4 aliphatic rings. The minimum atomic E-state index is 0.208. The number of Topliss-reactive ketones (excluding diaryl/α,β-unsaturated/α-hetero) is 2. The van der Waals surface area contributed by atoms with Gasteiger partial charge in [0.05, 0.1) is 0 Å². The quantitative estimate of drug-likeness (QED) is 0.641. The Hall–Kier alpha value is -0.920. The fourth-order valence-corrected chi connectivity index (χ4v) is 4.97. The summed E-state index contributed by atoms with van der Waals surface area (Å²) in [4.78, 5) is 24.0. The highest BCUT2D eigenvalue weighted by Crippen LogP contribution is 2.56. The number of carbonyl (C=O) groups excluding carboxylic acids is 2. The number of ketones is 2. The summed E-state index contributed by atoms with van der Waals surface area (Å²) in [5.74, 6) is 2.77. The second-order valence-corrected chi connectivity index (χ2v) is 6.27. The van der Waals surface area contributed by atoms with Crippen LogP contribution >= 0.6 is 0 Å². The highest BCUT2D eigenvalue weighted by molar-refractivity contribution is 6.01. The second kappa shape index (κ2) is 3.30. The van der Waals surface area contributed by atoms with Gasteiger partial charge in [-0.05, 0) is 49.0 Å². The topological polar surface area (TPSA) is 34.1 Å². The molecule has 0 heterocycles. The molecule has 0 aromatic carbocycles. The number of hydrogen-bond donors (Lipinski definition) is 0. The van der Waals surface area contributed by atoms with E-state index in [4.69, 9.17) is 0 Å². The largest absolute Gasteiger partial charge is 0.299 e. The Bertz CT molecular complexity index is 446. The molecule has 4 atom stereocenters. The van der Waals surface area contributed by atoms with Crippen LogP contribution < -0.4 is 0 Å². The normalized spacial score (nSPS) is 44.0. The van der Waals surface area contributed by atoms with Gasteiger partial charge >= 0.3 is 0 Å². The molecule has 17 heavy (non-hydrogen) atoms. The average molecular weight is 230 g/mol. The third-order valence-corrected chi connectivity index (χ3v) is 5.62. The molecule has 0 bridgehead atoms. The number of rotatable bonds is 0. The predicted molar refractivity (Wildman–Crippen MR) is 63.3 cm³/mol. The highest BCUT2D eigenvalue weighted by Gasteiger charge is 2.50.